The van der Waals surface area contributed by atoms with Crippen LogP contribution in [-0.4, -0.2) is 16.0 Å². The molecule has 0 radical (unpaired) electrons. The Morgan fingerprint density at radius 2 is 1.73 bits per heavy atom. The first-order valence-electron chi connectivity index (χ1n) is 6.23. The number of aliphatic hydroxyl groups is 1. The van der Waals surface area contributed by atoms with Crippen molar-refractivity contribution in [2.75, 3.05) is 0 Å². The van der Waals surface area contributed by atoms with Gasteiger partial charge in [0.05, 0.1) is 24.1 Å². The van der Waals surface area contributed by atoms with Gasteiger partial charge in [-0.2, -0.15) is 15.8 Å². The third kappa shape index (κ3) is 1.19. The monoisotopic (exact) mass is 356 g/mol. The van der Waals surface area contributed by atoms with Gasteiger partial charge in [0, 0.05) is 10.0 Å². The highest BCUT2D eigenvalue weighted by molar-refractivity contribution is 9.10. The molecule has 0 unspecified atom stereocenters. The number of nitrogens with zero attached hydrogens (tertiary/aromatic N) is 4. The summed E-state index contributed by atoms with van der Waals surface area (Å²) in [6.07, 6.45) is 0. The molecule has 4 N–H and O–H groups in total. The molecule has 0 spiro atoms. The Morgan fingerprint density at radius 3 is 2.18 bits per heavy atom. The first-order chi connectivity index (χ1) is 10.4. The third-order valence-corrected chi connectivity index (χ3v) is 5.12. The quantitative estimate of drug-likeness (QED) is 0.638. The Labute approximate surface area is 134 Å². The van der Waals surface area contributed by atoms with Gasteiger partial charge in [-0.05, 0) is 12.1 Å². The van der Waals surface area contributed by atoms with Crippen LogP contribution >= 0.6 is 15.9 Å². The van der Waals surface area contributed by atoms with Crippen LogP contribution in [0, 0.1) is 56.2 Å². The highest BCUT2D eigenvalue weighted by atomic mass is 79.9. The minimum Gasteiger partial charge on any atom is -0.365 e. The number of rotatable bonds is 1. The van der Waals surface area contributed by atoms with Gasteiger partial charge in [-0.1, -0.05) is 28.1 Å². The number of nitriles is 3. The Kier molecular flexibility index (Phi) is 2.67. The number of hydrogen-bond donors (Lipinski definition) is 3. The SMILES string of the molecule is N#CC1(C#N)[C@H]2[C@@](O)(c3ccc(Br)cc3)N(N)C(=N)[C@]21C#N. The van der Waals surface area contributed by atoms with E-state index >= 15 is 0 Å². The molecule has 1 aliphatic heterocycles. The number of piperidine rings is 1. The number of nitrogens with one attached hydrogen (secondary N) is 1. The number of fused-ring (bicyclic) bond motifs is 1. The predicted octanol–water partition coefficient (Wildman–Crippen LogP) is 0.934. The largest absolute Gasteiger partial charge is 0.365 e. The maximum Gasteiger partial charge on any atom is 0.186 e. The molecular formula is C14H9BrN6O. The summed E-state index contributed by atoms with van der Waals surface area (Å²) in [4.78, 5) is 0. The van der Waals surface area contributed by atoms with Gasteiger partial charge in [0.15, 0.2) is 16.6 Å². The van der Waals surface area contributed by atoms with Crippen molar-refractivity contribution in [1.29, 1.82) is 21.2 Å². The van der Waals surface area contributed by atoms with Crippen LogP contribution in [0.1, 0.15) is 5.56 Å². The van der Waals surface area contributed by atoms with Gasteiger partial charge in [-0.15, -0.1) is 0 Å². The van der Waals surface area contributed by atoms with Gasteiger partial charge in [0.25, 0.3) is 0 Å². The summed E-state index contributed by atoms with van der Waals surface area (Å²) < 4.78 is 0.769. The standard InChI is InChI=1S/C14H9BrN6O/c15-9-3-1-8(2-4-9)14(22)10-12(5-16,6-17)13(10,7-18)11(19)21(14)20/h1-4,10,19,22H,20H2/t10-,13+,14+/m1/s1. The molecule has 1 saturated carbocycles. The number of hydrazine groups is 1. The van der Waals surface area contributed by atoms with Crippen molar-refractivity contribution >= 4 is 21.8 Å². The van der Waals surface area contributed by atoms with E-state index in [1.54, 1.807) is 24.3 Å². The van der Waals surface area contributed by atoms with Gasteiger partial charge in [-0.25, -0.2) is 5.84 Å². The molecule has 1 aromatic rings. The summed E-state index contributed by atoms with van der Waals surface area (Å²) >= 11 is 3.27. The molecule has 1 saturated heterocycles. The second-order valence-electron chi connectivity index (χ2n) is 5.34. The molecule has 22 heavy (non-hydrogen) atoms. The second kappa shape index (κ2) is 4.06. The summed E-state index contributed by atoms with van der Waals surface area (Å²) in [6, 6.07) is 12.0. The summed E-state index contributed by atoms with van der Waals surface area (Å²) in [5.74, 6) is 4.29. The van der Waals surface area contributed by atoms with Crippen LogP contribution in [0.3, 0.4) is 0 Å². The van der Waals surface area contributed by atoms with Crippen LogP contribution in [0.4, 0.5) is 0 Å². The molecule has 8 heteroatoms. The highest BCUT2D eigenvalue weighted by Crippen LogP contribution is 2.78. The maximum absolute atomic E-state index is 11.1. The van der Waals surface area contributed by atoms with E-state index in [1.165, 1.54) is 0 Å². The van der Waals surface area contributed by atoms with E-state index < -0.39 is 28.3 Å². The molecule has 108 valence electrons. The van der Waals surface area contributed by atoms with Crippen LogP contribution in [0.5, 0.6) is 0 Å². The lowest BCUT2D eigenvalue weighted by Gasteiger charge is -2.35. The van der Waals surface area contributed by atoms with E-state index in [-0.39, 0.29) is 0 Å². The molecule has 3 atom stereocenters. The normalized spacial score (nSPS) is 34.3. The zero-order valence-electron chi connectivity index (χ0n) is 11.1. The molecule has 1 aromatic carbocycles. The fourth-order valence-electron chi connectivity index (χ4n) is 3.44. The van der Waals surface area contributed by atoms with Gasteiger partial charge in [-0.3, -0.25) is 10.4 Å². The lowest BCUT2D eigenvalue weighted by Crippen LogP contribution is -2.53. The average molecular weight is 357 g/mol. The lowest BCUT2D eigenvalue weighted by atomic mass is 9.91. The fraction of sp³-hybridized carbons (Fsp3) is 0.286. The fourth-order valence-corrected chi connectivity index (χ4v) is 3.70. The van der Waals surface area contributed by atoms with Crippen molar-refractivity contribution in [1.82, 2.24) is 5.01 Å². The number of halogens is 1. The average Bonchev–Trinajstić information content (AvgIpc) is 3.12. The maximum atomic E-state index is 11.1. The third-order valence-electron chi connectivity index (χ3n) is 4.59. The zero-order chi connectivity index (χ0) is 16.3. The summed E-state index contributed by atoms with van der Waals surface area (Å²) in [5, 5.41) is 48.2. The molecule has 1 aliphatic carbocycles. The molecule has 0 amide bonds. The smallest absolute Gasteiger partial charge is 0.186 e. The second-order valence-corrected chi connectivity index (χ2v) is 6.25. The van der Waals surface area contributed by atoms with Gasteiger partial charge >= 0.3 is 0 Å². The van der Waals surface area contributed by atoms with Crippen molar-refractivity contribution in [3.05, 3.63) is 34.3 Å². The van der Waals surface area contributed by atoms with E-state index in [2.05, 4.69) is 15.9 Å². The highest BCUT2D eigenvalue weighted by Gasteiger charge is 2.93. The van der Waals surface area contributed by atoms with Crippen molar-refractivity contribution < 1.29 is 5.11 Å². The van der Waals surface area contributed by atoms with Crippen molar-refractivity contribution in [3.63, 3.8) is 0 Å². The van der Waals surface area contributed by atoms with E-state index in [9.17, 15) is 20.9 Å². The van der Waals surface area contributed by atoms with Crippen molar-refractivity contribution in [2.45, 2.75) is 5.72 Å². The van der Waals surface area contributed by atoms with E-state index in [1.807, 2.05) is 18.2 Å². The summed E-state index contributed by atoms with van der Waals surface area (Å²) in [6.45, 7) is 0. The Bertz CT molecular complexity index is 802. The van der Waals surface area contributed by atoms with Crippen molar-refractivity contribution in [2.24, 2.45) is 22.6 Å². The number of benzene rings is 1. The summed E-state index contributed by atoms with van der Waals surface area (Å²) in [5.41, 5.74) is -5.14. The molecular weight excluding hydrogens is 348 g/mol. The van der Waals surface area contributed by atoms with E-state index in [0.29, 0.717) is 5.56 Å². The summed E-state index contributed by atoms with van der Waals surface area (Å²) in [7, 11) is 0. The molecule has 1 heterocycles. The van der Waals surface area contributed by atoms with Crippen LogP contribution in [0.25, 0.3) is 0 Å². The Morgan fingerprint density at radius 1 is 1.18 bits per heavy atom. The topological polar surface area (TPSA) is 145 Å². The van der Waals surface area contributed by atoms with Gasteiger partial charge in [0.2, 0.25) is 0 Å². The van der Waals surface area contributed by atoms with E-state index in [4.69, 9.17) is 11.3 Å². The minimum atomic E-state index is -1.96. The van der Waals surface area contributed by atoms with Crippen LogP contribution in [0.2, 0.25) is 0 Å². The molecule has 3 rings (SSSR count). The molecule has 7 nitrogen and oxygen atoms in total. The first-order valence-corrected chi connectivity index (χ1v) is 7.02. The predicted molar refractivity (Wildman–Crippen MR) is 77.0 cm³/mol. The Hall–Kier alpha value is -2.44. The lowest BCUT2D eigenvalue weighted by molar-refractivity contribution is -0.0929. The van der Waals surface area contributed by atoms with Gasteiger partial charge < -0.3 is 5.11 Å². The van der Waals surface area contributed by atoms with Crippen LogP contribution in [-0.2, 0) is 5.72 Å². The Balaban J connectivity index is 2.25. The number of nitrogens with two attached hydrogens (primary N) is 1. The number of hydrogen-bond acceptors (Lipinski definition) is 6. The van der Waals surface area contributed by atoms with Crippen LogP contribution < -0.4 is 5.84 Å². The van der Waals surface area contributed by atoms with Crippen LogP contribution in [0.15, 0.2) is 28.7 Å². The first kappa shape index (κ1) is 14.5. The molecule has 0 aromatic heterocycles. The number of amidine groups is 1. The molecule has 2 aliphatic rings. The minimum absolute atomic E-state index is 0.317. The van der Waals surface area contributed by atoms with Crippen molar-refractivity contribution in [3.8, 4) is 18.2 Å². The van der Waals surface area contributed by atoms with E-state index in [0.717, 1.165) is 9.48 Å². The zero-order valence-corrected chi connectivity index (χ0v) is 12.7. The molecule has 2 fully saturated rings. The van der Waals surface area contributed by atoms with Gasteiger partial charge in [0.1, 0.15) is 5.84 Å². The molecule has 0 bridgehead atoms.